The van der Waals surface area contributed by atoms with Gasteiger partial charge >= 0.3 is 0 Å². The fourth-order valence-corrected chi connectivity index (χ4v) is 3.47. The van der Waals surface area contributed by atoms with Crippen LogP contribution in [0, 0.1) is 10.1 Å². The molecule has 140 valence electrons. The maximum atomic E-state index is 11.2. The van der Waals surface area contributed by atoms with Crippen LogP contribution in [0.2, 0.25) is 0 Å². The predicted octanol–water partition coefficient (Wildman–Crippen LogP) is 5.08. The van der Waals surface area contributed by atoms with Gasteiger partial charge in [-0.25, -0.2) is 0 Å². The third kappa shape index (κ3) is 3.49. The zero-order valence-corrected chi connectivity index (χ0v) is 16.2. The average molecular weight is 438 g/mol. The number of non-ortho nitro benzene ring substituents is 1. The smallest absolute Gasteiger partial charge is 0.270 e. The number of fused-ring (bicyclic) bond motifs is 1. The van der Waals surface area contributed by atoms with Crippen LogP contribution in [0.1, 0.15) is 11.1 Å². The van der Waals surface area contributed by atoms with Gasteiger partial charge < -0.3 is 15.7 Å². The Labute approximate surface area is 169 Å². The quantitative estimate of drug-likeness (QED) is 0.391. The molecule has 0 radical (unpaired) electrons. The summed E-state index contributed by atoms with van der Waals surface area (Å²) >= 11 is 3.42. The van der Waals surface area contributed by atoms with Crippen LogP contribution in [0.15, 0.2) is 77.3 Å². The van der Waals surface area contributed by atoms with E-state index in [1.807, 2.05) is 54.6 Å². The molecule has 3 N–H and O–H groups in total. The van der Waals surface area contributed by atoms with Crippen LogP contribution in [-0.4, -0.2) is 16.3 Å². The van der Waals surface area contributed by atoms with Gasteiger partial charge in [0.15, 0.2) is 6.23 Å². The summed E-state index contributed by atoms with van der Waals surface area (Å²) in [6, 6.07) is 21.8. The first-order valence-corrected chi connectivity index (χ1v) is 9.38. The number of hydrogen-bond acceptors (Lipinski definition) is 5. The summed E-state index contributed by atoms with van der Waals surface area (Å²) < 4.78 is 0.954. The minimum absolute atomic E-state index is 0.0248. The lowest BCUT2D eigenvalue weighted by Crippen LogP contribution is -2.16. The molecule has 4 rings (SSSR count). The monoisotopic (exact) mass is 437 g/mol. The molecule has 0 amide bonds. The Hall–Kier alpha value is -3.16. The highest BCUT2D eigenvalue weighted by atomic mass is 79.9. The van der Waals surface area contributed by atoms with Crippen molar-refractivity contribution in [1.29, 1.82) is 0 Å². The summed E-state index contributed by atoms with van der Waals surface area (Å²) in [5.41, 5.74) is 4.17. The third-order valence-electron chi connectivity index (χ3n) is 4.52. The van der Waals surface area contributed by atoms with Crippen LogP contribution >= 0.6 is 15.9 Å². The van der Waals surface area contributed by atoms with Gasteiger partial charge in [0, 0.05) is 39.1 Å². The van der Waals surface area contributed by atoms with E-state index < -0.39 is 11.2 Å². The van der Waals surface area contributed by atoms with Gasteiger partial charge in [-0.15, -0.1) is 0 Å². The number of hydrogen-bond donors (Lipinski definition) is 3. The zero-order chi connectivity index (χ0) is 19.7. The Morgan fingerprint density at radius 2 is 1.79 bits per heavy atom. The second kappa shape index (κ2) is 7.46. The van der Waals surface area contributed by atoms with Gasteiger partial charge in [-0.05, 0) is 35.9 Å². The summed E-state index contributed by atoms with van der Waals surface area (Å²) in [7, 11) is 0. The van der Waals surface area contributed by atoms with Crippen molar-refractivity contribution in [3.63, 3.8) is 0 Å². The Morgan fingerprint density at radius 1 is 1.07 bits per heavy atom. The highest BCUT2D eigenvalue weighted by Gasteiger charge is 2.30. The van der Waals surface area contributed by atoms with Crippen LogP contribution in [0.25, 0.3) is 11.3 Å². The van der Waals surface area contributed by atoms with Crippen LogP contribution in [0.4, 0.5) is 17.1 Å². The molecule has 0 aliphatic carbocycles. The molecule has 3 aromatic carbocycles. The van der Waals surface area contributed by atoms with E-state index in [1.165, 1.54) is 12.1 Å². The highest BCUT2D eigenvalue weighted by Crippen LogP contribution is 2.41. The fraction of sp³-hybridized carbons (Fsp3) is 0.0476. The Morgan fingerprint density at radius 3 is 2.46 bits per heavy atom. The normalized spacial score (nSPS) is 16.9. The number of halogens is 1. The summed E-state index contributed by atoms with van der Waals surface area (Å²) in [5, 5.41) is 28.3. The number of nitrogens with zero attached hydrogens (tertiary/aromatic N) is 1. The Balaban J connectivity index is 1.90. The molecule has 0 fully saturated rings. The van der Waals surface area contributed by atoms with Gasteiger partial charge in [0.1, 0.15) is 0 Å². The van der Waals surface area contributed by atoms with E-state index in [-0.39, 0.29) is 5.69 Å². The number of rotatable bonds is 4. The van der Waals surface area contributed by atoms with Crippen molar-refractivity contribution in [2.75, 3.05) is 10.6 Å². The summed E-state index contributed by atoms with van der Waals surface area (Å²) in [5.74, 6) is 0. The number of anilines is 2. The van der Waals surface area contributed by atoms with Crippen molar-refractivity contribution in [1.82, 2.24) is 0 Å². The van der Waals surface area contributed by atoms with Gasteiger partial charge in [0.2, 0.25) is 0 Å². The SMILES string of the molecule is O=[N+]([O-])c1ccc2c(c1)/C(=C(/Nc1ccc(Br)cc1)c1ccccc1)C(O)N2. The molecular formula is C21H16BrN3O3. The molecule has 1 aliphatic rings. The number of aliphatic hydroxyl groups is 1. The molecule has 1 heterocycles. The molecule has 3 aromatic rings. The molecule has 0 spiro atoms. The minimum Gasteiger partial charge on any atom is -0.369 e. The standard InChI is InChI=1S/C21H16BrN3O3/c22-14-6-8-15(9-7-14)23-20(13-4-2-1-3-5-13)19-17-12-16(25(27)28)10-11-18(17)24-21(19)26/h1-12,21,23-24,26H/b20-19-. The molecule has 28 heavy (non-hydrogen) atoms. The van der Waals surface area contributed by atoms with Crippen LogP contribution in [-0.2, 0) is 0 Å². The predicted molar refractivity (Wildman–Crippen MR) is 114 cm³/mol. The number of nitro benzene ring substituents is 1. The van der Waals surface area contributed by atoms with E-state index in [2.05, 4.69) is 26.6 Å². The lowest BCUT2D eigenvalue weighted by atomic mass is 9.99. The highest BCUT2D eigenvalue weighted by molar-refractivity contribution is 9.10. The summed E-state index contributed by atoms with van der Waals surface area (Å²) in [4.78, 5) is 10.8. The second-order valence-electron chi connectivity index (χ2n) is 6.32. The van der Waals surface area contributed by atoms with Crippen molar-refractivity contribution in [3.05, 3.63) is 98.5 Å². The second-order valence-corrected chi connectivity index (χ2v) is 7.24. The maximum absolute atomic E-state index is 11.2. The van der Waals surface area contributed by atoms with Gasteiger partial charge in [-0.1, -0.05) is 46.3 Å². The van der Waals surface area contributed by atoms with E-state index in [0.717, 1.165) is 15.7 Å². The zero-order valence-electron chi connectivity index (χ0n) is 14.6. The molecule has 0 aromatic heterocycles. The number of nitro groups is 1. The van der Waals surface area contributed by atoms with Crippen LogP contribution < -0.4 is 10.6 Å². The van der Waals surface area contributed by atoms with Crippen molar-refractivity contribution in [2.24, 2.45) is 0 Å². The lowest BCUT2D eigenvalue weighted by molar-refractivity contribution is -0.384. The van der Waals surface area contributed by atoms with E-state index in [4.69, 9.17) is 0 Å². The number of aliphatic hydroxyl groups excluding tert-OH is 1. The maximum Gasteiger partial charge on any atom is 0.270 e. The lowest BCUT2D eigenvalue weighted by Gasteiger charge is -2.17. The first-order chi connectivity index (χ1) is 13.5. The fourth-order valence-electron chi connectivity index (χ4n) is 3.21. The number of nitrogens with one attached hydrogen (secondary N) is 2. The van der Waals surface area contributed by atoms with E-state index in [0.29, 0.717) is 22.5 Å². The number of benzene rings is 3. The molecule has 7 heteroatoms. The average Bonchev–Trinajstić information content (AvgIpc) is 3.03. The van der Waals surface area contributed by atoms with Crippen LogP contribution in [0.3, 0.4) is 0 Å². The molecule has 0 saturated carbocycles. The first kappa shape index (κ1) is 18.2. The summed E-state index contributed by atoms with van der Waals surface area (Å²) in [6.45, 7) is 0. The van der Waals surface area contributed by atoms with Crippen molar-refractivity contribution >= 4 is 44.3 Å². The van der Waals surface area contributed by atoms with E-state index in [1.54, 1.807) is 6.07 Å². The molecule has 0 saturated heterocycles. The molecule has 0 bridgehead atoms. The minimum atomic E-state index is -0.991. The molecule has 1 atom stereocenters. The van der Waals surface area contributed by atoms with Gasteiger partial charge in [-0.3, -0.25) is 10.1 Å². The van der Waals surface area contributed by atoms with Crippen molar-refractivity contribution in [3.8, 4) is 0 Å². The third-order valence-corrected chi connectivity index (χ3v) is 5.04. The van der Waals surface area contributed by atoms with Crippen LogP contribution in [0.5, 0.6) is 0 Å². The van der Waals surface area contributed by atoms with E-state index >= 15 is 0 Å². The molecule has 1 unspecified atom stereocenters. The van der Waals surface area contributed by atoms with Gasteiger partial charge in [-0.2, -0.15) is 0 Å². The largest absolute Gasteiger partial charge is 0.369 e. The molecular weight excluding hydrogens is 422 g/mol. The van der Waals surface area contributed by atoms with Gasteiger partial charge in [0.05, 0.1) is 10.6 Å². The van der Waals surface area contributed by atoms with Crippen molar-refractivity contribution < 1.29 is 10.0 Å². The topological polar surface area (TPSA) is 87.4 Å². The van der Waals surface area contributed by atoms with Crippen molar-refractivity contribution in [2.45, 2.75) is 6.23 Å². The van der Waals surface area contributed by atoms with Gasteiger partial charge in [0.25, 0.3) is 5.69 Å². The molecule has 1 aliphatic heterocycles. The van der Waals surface area contributed by atoms with E-state index in [9.17, 15) is 15.2 Å². The first-order valence-electron chi connectivity index (χ1n) is 8.58. The summed E-state index contributed by atoms with van der Waals surface area (Å²) in [6.07, 6.45) is -0.991. The Bertz CT molecular complexity index is 1070. The molecule has 6 nitrogen and oxygen atoms in total. The Kier molecular flexibility index (Phi) is 4.85.